The van der Waals surface area contributed by atoms with Crippen LogP contribution in [0.4, 0.5) is 0 Å². The van der Waals surface area contributed by atoms with Crippen molar-refractivity contribution in [2.75, 3.05) is 11.5 Å². The van der Waals surface area contributed by atoms with Crippen LogP contribution in [0.15, 0.2) is 30.3 Å². The van der Waals surface area contributed by atoms with Gasteiger partial charge in [-0.3, -0.25) is 0 Å². The van der Waals surface area contributed by atoms with Gasteiger partial charge in [0.25, 0.3) is 0 Å². The number of aromatic hydroxyl groups is 1. The van der Waals surface area contributed by atoms with Crippen molar-refractivity contribution in [1.29, 1.82) is 0 Å². The molecule has 0 unspecified atom stereocenters. The molecule has 0 heterocycles. The van der Waals surface area contributed by atoms with Gasteiger partial charge >= 0.3 is 0 Å². The lowest BCUT2D eigenvalue weighted by atomic mass is 10.0. The molecule has 0 fully saturated rings. The maximum absolute atomic E-state index is 8.63. The zero-order chi connectivity index (χ0) is 29.0. The fourth-order valence-electron chi connectivity index (χ4n) is 5.33. The average molecular weight is 577 g/mol. The summed E-state index contributed by atoms with van der Waals surface area (Å²) in [7, 11) is 0. The Labute approximate surface area is 257 Å². The van der Waals surface area contributed by atoms with E-state index >= 15 is 0 Å². The highest BCUT2D eigenvalue weighted by Gasteiger charge is 1.97. The van der Waals surface area contributed by atoms with Gasteiger partial charge < -0.3 is 5.11 Å². The Kier molecular flexibility index (Phi) is 35.8. The quantitative estimate of drug-likeness (QED) is 0.0919. The molecule has 0 radical (unpaired) electrons. The highest BCUT2D eigenvalue weighted by Crippen LogP contribution is 2.16. The van der Waals surface area contributed by atoms with E-state index in [1.165, 1.54) is 191 Å². The number of phenolic OH excluding ortho intramolecular Hbond substituents is 1. The van der Waals surface area contributed by atoms with Gasteiger partial charge in [-0.1, -0.05) is 199 Å². The van der Waals surface area contributed by atoms with E-state index in [0.717, 1.165) is 0 Å². The normalized spacial score (nSPS) is 10.9. The maximum Gasteiger partial charge on any atom is 0.115 e. The number of benzene rings is 1. The Morgan fingerprint density at radius 3 is 0.850 bits per heavy atom. The third-order valence-corrected chi connectivity index (χ3v) is 9.20. The second kappa shape index (κ2) is 36.4. The first-order chi connectivity index (χ1) is 19.8. The molecule has 0 aliphatic carbocycles. The molecule has 0 aromatic heterocycles. The molecule has 1 aromatic carbocycles. The van der Waals surface area contributed by atoms with E-state index in [9.17, 15) is 0 Å². The molecule has 0 atom stereocenters. The Morgan fingerprint density at radius 2 is 0.625 bits per heavy atom. The van der Waals surface area contributed by atoms with E-state index in [1.807, 2.05) is 6.07 Å². The average Bonchev–Trinajstić information content (AvgIpc) is 2.97. The summed E-state index contributed by atoms with van der Waals surface area (Å²) < 4.78 is 0. The van der Waals surface area contributed by atoms with Crippen molar-refractivity contribution in [3.63, 3.8) is 0 Å². The standard InChI is InChI=1S/C32H66S.C6H6O/c1-3-5-7-9-11-13-15-17-19-21-23-25-27-29-31-33-32-30-28-26-24-22-20-18-16-14-12-10-8-6-4-2;7-6-4-2-1-3-5-6/h3-32H2,1-2H3;1-5,7H. The molecule has 0 aliphatic rings. The minimum absolute atomic E-state index is 0.322. The van der Waals surface area contributed by atoms with E-state index in [2.05, 4.69) is 25.6 Å². The lowest BCUT2D eigenvalue weighted by molar-refractivity contribution is 0.475. The molecule has 40 heavy (non-hydrogen) atoms. The summed E-state index contributed by atoms with van der Waals surface area (Å²) in [6, 6.07) is 8.71. The van der Waals surface area contributed by atoms with Gasteiger partial charge in [-0.05, 0) is 36.5 Å². The molecular formula is C38H72OS. The van der Waals surface area contributed by atoms with Crippen LogP contribution >= 0.6 is 11.8 Å². The Bertz CT molecular complexity index is 516. The number of hydrogen-bond donors (Lipinski definition) is 1. The number of phenols is 1. The fraction of sp³-hybridized carbons (Fsp3) is 0.842. The third kappa shape index (κ3) is 35.4. The minimum Gasteiger partial charge on any atom is -0.508 e. The number of rotatable bonds is 30. The molecule has 0 saturated carbocycles. The summed E-state index contributed by atoms with van der Waals surface area (Å²) in [5.41, 5.74) is 0. The predicted octanol–water partition coefficient (Wildman–Crippen LogP) is 14.1. The van der Waals surface area contributed by atoms with Crippen LogP contribution in [0.25, 0.3) is 0 Å². The first kappa shape index (κ1) is 39.4. The molecule has 0 spiro atoms. The van der Waals surface area contributed by atoms with Crippen molar-refractivity contribution in [2.45, 2.75) is 194 Å². The van der Waals surface area contributed by atoms with E-state index in [4.69, 9.17) is 5.11 Å². The van der Waals surface area contributed by atoms with Crippen molar-refractivity contribution < 1.29 is 5.11 Å². The second-order valence-corrected chi connectivity index (χ2v) is 13.4. The van der Waals surface area contributed by atoms with Crippen molar-refractivity contribution in [3.8, 4) is 5.75 Å². The summed E-state index contributed by atoms with van der Waals surface area (Å²) in [4.78, 5) is 0. The van der Waals surface area contributed by atoms with Crippen LogP contribution in [0, 0.1) is 0 Å². The lowest BCUT2D eigenvalue weighted by Crippen LogP contribution is -1.87. The summed E-state index contributed by atoms with van der Waals surface area (Å²) in [5.74, 6) is 3.15. The molecule has 236 valence electrons. The minimum atomic E-state index is 0.322. The summed E-state index contributed by atoms with van der Waals surface area (Å²) in [6.07, 6.45) is 41.2. The molecule has 0 bridgehead atoms. The van der Waals surface area contributed by atoms with Crippen LogP contribution in [-0.4, -0.2) is 16.6 Å². The Balaban J connectivity index is 0.00000187. The van der Waals surface area contributed by atoms with Crippen LogP contribution in [0.1, 0.15) is 194 Å². The largest absolute Gasteiger partial charge is 0.508 e. The number of hydrogen-bond acceptors (Lipinski definition) is 2. The van der Waals surface area contributed by atoms with E-state index in [0.29, 0.717) is 5.75 Å². The van der Waals surface area contributed by atoms with Gasteiger partial charge in [0.15, 0.2) is 0 Å². The predicted molar refractivity (Wildman–Crippen MR) is 186 cm³/mol. The van der Waals surface area contributed by atoms with E-state index in [1.54, 1.807) is 24.3 Å². The highest BCUT2D eigenvalue weighted by molar-refractivity contribution is 7.99. The van der Waals surface area contributed by atoms with Gasteiger partial charge in [0.1, 0.15) is 5.75 Å². The molecule has 0 aliphatic heterocycles. The first-order valence-corrected chi connectivity index (χ1v) is 19.3. The molecule has 1 aromatic rings. The topological polar surface area (TPSA) is 20.2 Å². The SMILES string of the molecule is CCCCCCCCCCCCCCCCSCCCCCCCCCCCCCCCC.Oc1ccccc1. The van der Waals surface area contributed by atoms with Gasteiger partial charge in [-0.15, -0.1) is 0 Å². The second-order valence-electron chi connectivity index (χ2n) is 12.1. The van der Waals surface area contributed by atoms with Crippen molar-refractivity contribution in [3.05, 3.63) is 30.3 Å². The molecular weight excluding hydrogens is 504 g/mol. The fourth-order valence-corrected chi connectivity index (χ4v) is 6.35. The van der Waals surface area contributed by atoms with Crippen LogP contribution in [0.2, 0.25) is 0 Å². The van der Waals surface area contributed by atoms with E-state index in [-0.39, 0.29) is 0 Å². The molecule has 2 heteroatoms. The van der Waals surface area contributed by atoms with Gasteiger partial charge in [0, 0.05) is 0 Å². The molecule has 1 rings (SSSR count). The van der Waals surface area contributed by atoms with Crippen LogP contribution in [0.5, 0.6) is 5.75 Å². The van der Waals surface area contributed by atoms with Crippen LogP contribution in [-0.2, 0) is 0 Å². The number of thioether (sulfide) groups is 1. The van der Waals surface area contributed by atoms with Gasteiger partial charge in [-0.25, -0.2) is 0 Å². The molecule has 1 N–H and O–H groups in total. The number of unbranched alkanes of at least 4 members (excludes halogenated alkanes) is 26. The van der Waals surface area contributed by atoms with Crippen molar-refractivity contribution >= 4 is 11.8 Å². The Hall–Kier alpha value is -0.630. The monoisotopic (exact) mass is 577 g/mol. The van der Waals surface area contributed by atoms with Gasteiger partial charge in [-0.2, -0.15) is 11.8 Å². The first-order valence-electron chi connectivity index (χ1n) is 18.1. The third-order valence-electron chi connectivity index (χ3n) is 8.04. The zero-order valence-corrected chi connectivity index (χ0v) is 28.3. The summed E-state index contributed by atoms with van der Waals surface area (Å²) in [6.45, 7) is 4.61. The summed E-state index contributed by atoms with van der Waals surface area (Å²) in [5, 5.41) is 8.63. The highest BCUT2D eigenvalue weighted by atomic mass is 32.2. The van der Waals surface area contributed by atoms with Crippen molar-refractivity contribution in [2.24, 2.45) is 0 Å². The summed E-state index contributed by atoms with van der Waals surface area (Å²) >= 11 is 2.22. The van der Waals surface area contributed by atoms with Crippen molar-refractivity contribution in [1.82, 2.24) is 0 Å². The molecule has 0 saturated heterocycles. The zero-order valence-electron chi connectivity index (χ0n) is 27.5. The van der Waals surface area contributed by atoms with Crippen LogP contribution in [0.3, 0.4) is 0 Å². The smallest absolute Gasteiger partial charge is 0.115 e. The van der Waals surface area contributed by atoms with Gasteiger partial charge in [0.05, 0.1) is 0 Å². The molecule has 1 nitrogen and oxygen atoms in total. The maximum atomic E-state index is 8.63. The molecule has 0 amide bonds. The number of para-hydroxylation sites is 1. The lowest BCUT2D eigenvalue weighted by Gasteiger charge is -2.04. The van der Waals surface area contributed by atoms with Gasteiger partial charge in [0.2, 0.25) is 0 Å². The Morgan fingerprint density at radius 1 is 0.375 bits per heavy atom. The van der Waals surface area contributed by atoms with Crippen LogP contribution < -0.4 is 0 Å². The van der Waals surface area contributed by atoms with E-state index < -0.39 is 0 Å².